The summed E-state index contributed by atoms with van der Waals surface area (Å²) in [5, 5.41) is 3.77. The van der Waals surface area contributed by atoms with Crippen LogP contribution in [0.25, 0.3) is 0 Å². The standard InChI is InChI=1S/C10H22NO4P/c1-5-8-9-10(11-13-4)16(12,14-6-2)15-7-3/h5-9H2,1-4H3. The van der Waals surface area contributed by atoms with Gasteiger partial charge in [0.1, 0.15) is 7.11 Å². The lowest BCUT2D eigenvalue weighted by Gasteiger charge is -2.17. The lowest BCUT2D eigenvalue weighted by Crippen LogP contribution is -2.08. The Morgan fingerprint density at radius 2 is 1.75 bits per heavy atom. The van der Waals surface area contributed by atoms with Crippen molar-refractivity contribution in [3.8, 4) is 0 Å². The number of hydrogen-bond acceptors (Lipinski definition) is 5. The van der Waals surface area contributed by atoms with Crippen molar-refractivity contribution in [3.63, 3.8) is 0 Å². The summed E-state index contributed by atoms with van der Waals surface area (Å²) in [6.45, 7) is 6.25. The van der Waals surface area contributed by atoms with Crippen molar-refractivity contribution < 1.29 is 18.5 Å². The van der Waals surface area contributed by atoms with Gasteiger partial charge >= 0.3 is 7.60 Å². The highest BCUT2D eigenvalue weighted by Crippen LogP contribution is 2.51. The quantitative estimate of drug-likeness (QED) is 0.358. The molecule has 0 rings (SSSR count). The van der Waals surface area contributed by atoms with Gasteiger partial charge in [-0.3, -0.25) is 4.57 Å². The van der Waals surface area contributed by atoms with Crippen LogP contribution in [0.15, 0.2) is 5.16 Å². The van der Waals surface area contributed by atoms with Crippen LogP contribution in [-0.2, 0) is 18.5 Å². The van der Waals surface area contributed by atoms with Gasteiger partial charge in [0.25, 0.3) is 0 Å². The molecule has 16 heavy (non-hydrogen) atoms. The third kappa shape index (κ3) is 5.10. The van der Waals surface area contributed by atoms with E-state index < -0.39 is 7.60 Å². The fraction of sp³-hybridized carbons (Fsp3) is 0.900. The minimum absolute atomic E-state index is 0.326. The molecule has 0 unspecified atom stereocenters. The summed E-state index contributed by atoms with van der Waals surface area (Å²) < 4.78 is 22.8. The zero-order chi connectivity index (χ0) is 12.4. The first-order valence-corrected chi connectivity index (χ1v) is 7.18. The van der Waals surface area contributed by atoms with E-state index in [9.17, 15) is 4.57 Å². The van der Waals surface area contributed by atoms with Crippen molar-refractivity contribution >= 4 is 13.0 Å². The monoisotopic (exact) mass is 251 g/mol. The maximum absolute atomic E-state index is 12.4. The summed E-state index contributed by atoms with van der Waals surface area (Å²) >= 11 is 0. The Bertz CT molecular complexity index is 245. The SMILES string of the molecule is CCCCC(=NOC)P(=O)(OCC)OCC. The first kappa shape index (κ1) is 15.6. The molecule has 0 aromatic carbocycles. The Balaban J connectivity index is 4.79. The highest BCUT2D eigenvalue weighted by molar-refractivity contribution is 7.72. The summed E-state index contributed by atoms with van der Waals surface area (Å²) in [7, 11) is -1.83. The largest absolute Gasteiger partial charge is 0.399 e. The van der Waals surface area contributed by atoms with Crippen LogP contribution in [-0.4, -0.2) is 25.8 Å². The fourth-order valence-corrected chi connectivity index (χ4v) is 2.87. The first-order valence-electron chi connectivity index (χ1n) is 5.64. The molecule has 0 aliphatic heterocycles. The predicted octanol–water partition coefficient (Wildman–Crippen LogP) is 3.40. The molecule has 0 atom stereocenters. The van der Waals surface area contributed by atoms with Gasteiger partial charge in [-0.05, 0) is 20.3 Å². The van der Waals surface area contributed by atoms with Crippen molar-refractivity contribution in [2.45, 2.75) is 40.0 Å². The summed E-state index contributed by atoms with van der Waals surface area (Å²) in [6.07, 6.45) is 2.44. The second-order valence-electron chi connectivity index (χ2n) is 3.13. The van der Waals surface area contributed by atoms with Gasteiger partial charge in [0.05, 0.1) is 13.2 Å². The van der Waals surface area contributed by atoms with Gasteiger partial charge in [0.2, 0.25) is 0 Å². The van der Waals surface area contributed by atoms with Crippen LogP contribution < -0.4 is 0 Å². The molecule has 0 saturated carbocycles. The van der Waals surface area contributed by atoms with Crippen molar-refractivity contribution in [1.82, 2.24) is 0 Å². The van der Waals surface area contributed by atoms with E-state index in [1.807, 2.05) is 0 Å². The summed E-state index contributed by atoms with van der Waals surface area (Å²) in [4.78, 5) is 4.70. The molecule has 5 nitrogen and oxygen atoms in total. The molecule has 0 radical (unpaired) electrons. The van der Waals surface area contributed by atoms with E-state index in [0.717, 1.165) is 12.8 Å². The van der Waals surface area contributed by atoms with Crippen molar-refractivity contribution in [1.29, 1.82) is 0 Å². The maximum atomic E-state index is 12.4. The van der Waals surface area contributed by atoms with Crippen molar-refractivity contribution in [2.24, 2.45) is 5.16 Å². The van der Waals surface area contributed by atoms with E-state index in [2.05, 4.69) is 12.1 Å². The topological polar surface area (TPSA) is 57.1 Å². The summed E-state index contributed by atoms with van der Waals surface area (Å²) in [5.41, 5.74) is 0.376. The van der Waals surface area contributed by atoms with E-state index in [1.54, 1.807) is 13.8 Å². The molecule has 0 saturated heterocycles. The second-order valence-corrected chi connectivity index (χ2v) is 5.15. The van der Waals surface area contributed by atoms with Crippen LogP contribution in [0.1, 0.15) is 40.0 Å². The highest BCUT2D eigenvalue weighted by atomic mass is 31.2. The minimum Gasteiger partial charge on any atom is -0.399 e. The molecule has 0 aromatic rings. The van der Waals surface area contributed by atoms with E-state index >= 15 is 0 Å². The Morgan fingerprint density at radius 1 is 1.19 bits per heavy atom. The number of hydrogen-bond donors (Lipinski definition) is 0. The van der Waals surface area contributed by atoms with E-state index in [4.69, 9.17) is 13.9 Å². The molecule has 6 heteroatoms. The smallest absolute Gasteiger partial charge is 0.378 e. The molecule has 96 valence electrons. The molecule has 0 aromatic heterocycles. The van der Waals surface area contributed by atoms with Crippen LogP contribution >= 0.6 is 7.60 Å². The molecular weight excluding hydrogens is 229 g/mol. The van der Waals surface area contributed by atoms with E-state index in [1.165, 1.54) is 7.11 Å². The normalized spacial score (nSPS) is 12.9. The summed E-state index contributed by atoms with van der Waals surface area (Å²) in [6, 6.07) is 0. The van der Waals surface area contributed by atoms with Gasteiger partial charge in [-0.1, -0.05) is 18.5 Å². The van der Waals surface area contributed by atoms with Gasteiger partial charge in [-0.2, -0.15) is 0 Å². The third-order valence-electron chi connectivity index (χ3n) is 1.86. The van der Waals surface area contributed by atoms with E-state index in [-0.39, 0.29) is 0 Å². The maximum Gasteiger partial charge on any atom is 0.378 e. The van der Waals surface area contributed by atoms with Gasteiger partial charge in [-0.15, -0.1) is 0 Å². The zero-order valence-corrected chi connectivity index (χ0v) is 11.5. The van der Waals surface area contributed by atoms with Crippen LogP contribution in [0.4, 0.5) is 0 Å². The number of rotatable bonds is 9. The average molecular weight is 251 g/mol. The van der Waals surface area contributed by atoms with Crippen molar-refractivity contribution in [3.05, 3.63) is 0 Å². The lowest BCUT2D eigenvalue weighted by atomic mass is 10.3. The molecule has 0 N–H and O–H groups in total. The second kappa shape index (κ2) is 8.74. The van der Waals surface area contributed by atoms with Crippen molar-refractivity contribution in [2.75, 3.05) is 20.3 Å². The number of oxime groups is 1. The Hall–Kier alpha value is -0.380. The third-order valence-corrected chi connectivity index (χ3v) is 4.00. The minimum atomic E-state index is -3.25. The number of unbranched alkanes of at least 4 members (excludes halogenated alkanes) is 1. The molecule has 0 aliphatic rings. The molecule has 0 spiro atoms. The molecule has 0 amide bonds. The van der Waals surface area contributed by atoms with Crippen LogP contribution in [0.3, 0.4) is 0 Å². The van der Waals surface area contributed by atoms with Crippen LogP contribution in [0.5, 0.6) is 0 Å². The Morgan fingerprint density at radius 3 is 2.12 bits per heavy atom. The first-order chi connectivity index (χ1) is 7.64. The molecule has 0 fully saturated rings. The molecule has 0 aliphatic carbocycles. The zero-order valence-electron chi connectivity index (χ0n) is 10.6. The van der Waals surface area contributed by atoms with Gasteiger partial charge in [-0.25, -0.2) is 0 Å². The summed E-state index contributed by atoms with van der Waals surface area (Å²) in [5.74, 6) is 0. The average Bonchev–Trinajstić information content (AvgIpc) is 2.24. The Kier molecular flexibility index (Phi) is 8.53. The molecule has 0 heterocycles. The molecular formula is C10H22NO4P. The fourth-order valence-electron chi connectivity index (χ4n) is 1.20. The van der Waals surface area contributed by atoms with Gasteiger partial charge in [0.15, 0.2) is 5.45 Å². The van der Waals surface area contributed by atoms with Crippen LogP contribution in [0.2, 0.25) is 0 Å². The lowest BCUT2D eigenvalue weighted by molar-refractivity contribution is 0.206. The highest BCUT2D eigenvalue weighted by Gasteiger charge is 2.31. The molecule has 0 bridgehead atoms. The van der Waals surface area contributed by atoms with Gasteiger partial charge in [0, 0.05) is 6.42 Å². The Labute approximate surface area is 97.7 Å². The predicted molar refractivity (Wildman–Crippen MR) is 64.8 cm³/mol. The van der Waals surface area contributed by atoms with Gasteiger partial charge < -0.3 is 13.9 Å². The van der Waals surface area contributed by atoms with Crippen LogP contribution in [0, 0.1) is 0 Å². The van der Waals surface area contributed by atoms with E-state index in [0.29, 0.717) is 25.1 Å². The number of nitrogens with zero attached hydrogens (tertiary/aromatic N) is 1.